The second-order valence-corrected chi connectivity index (χ2v) is 7.75. The van der Waals surface area contributed by atoms with E-state index in [4.69, 9.17) is 4.18 Å². The monoisotopic (exact) mass is 257 g/mol. The molecule has 1 N–H and O–H groups in total. The van der Waals surface area contributed by atoms with Gasteiger partial charge in [-0.25, -0.2) is 8.42 Å². The van der Waals surface area contributed by atoms with E-state index < -0.39 is 31.1 Å². The third-order valence-electron chi connectivity index (χ3n) is 1.93. The van der Waals surface area contributed by atoms with Crippen LogP contribution < -0.4 is 5.32 Å². The van der Waals surface area contributed by atoms with E-state index in [-0.39, 0.29) is 0 Å². The summed E-state index contributed by atoms with van der Waals surface area (Å²) in [4.78, 5) is 0. The average molecular weight is 257 g/mol. The van der Waals surface area contributed by atoms with Gasteiger partial charge in [-0.2, -0.15) is 8.42 Å². The highest BCUT2D eigenvalue weighted by atomic mass is 32.3. The van der Waals surface area contributed by atoms with Crippen LogP contribution in [0.2, 0.25) is 0 Å². The molecule has 15 heavy (non-hydrogen) atoms. The molecule has 0 spiro atoms. The van der Waals surface area contributed by atoms with Crippen molar-refractivity contribution in [2.75, 3.05) is 24.4 Å². The summed E-state index contributed by atoms with van der Waals surface area (Å²) in [7, 11) is -7.52. The highest BCUT2D eigenvalue weighted by Gasteiger charge is 2.25. The Kier molecular flexibility index (Phi) is 4.10. The lowest BCUT2D eigenvalue weighted by molar-refractivity contribution is 0.171. The van der Waals surface area contributed by atoms with Crippen molar-refractivity contribution in [1.29, 1.82) is 0 Å². The zero-order valence-corrected chi connectivity index (χ0v) is 10.1. The van der Waals surface area contributed by atoms with Gasteiger partial charge in [0.2, 0.25) is 0 Å². The van der Waals surface area contributed by atoms with Gasteiger partial charge in [-0.15, -0.1) is 0 Å². The molecule has 1 saturated heterocycles. The number of rotatable bonds is 4. The second kappa shape index (κ2) is 4.77. The largest absolute Gasteiger partial charge is 0.317 e. The summed E-state index contributed by atoms with van der Waals surface area (Å²) >= 11 is 0. The smallest absolute Gasteiger partial charge is 0.282 e. The van der Waals surface area contributed by atoms with Crippen molar-refractivity contribution < 1.29 is 21.0 Å². The molecule has 0 aliphatic carbocycles. The van der Waals surface area contributed by atoms with Crippen molar-refractivity contribution >= 4 is 20.0 Å². The van der Waals surface area contributed by atoms with Gasteiger partial charge in [-0.1, -0.05) is 0 Å². The minimum absolute atomic E-state index is 0.391. The normalized spacial score (nSPS) is 20.3. The van der Waals surface area contributed by atoms with Crippen LogP contribution in [0.25, 0.3) is 0 Å². The van der Waals surface area contributed by atoms with Gasteiger partial charge in [-0.3, -0.25) is 4.18 Å². The van der Waals surface area contributed by atoms with Gasteiger partial charge in [0.1, 0.15) is 0 Å². The van der Waals surface area contributed by atoms with Crippen molar-refractivity contribution in [3.8, 4) is 0 Å². The topological polar surface area (TPSA) is 89.5 Å². The molecular weight excluding hydrogens is 242 g/mol. The minimum Gasteiger partial charge on any atom is -0.317 e. The van der Waals surface area contributed by atoms with E-state index in [9.17, 15) is 16.8 Å². The first-order chi connectivity index (χ1) is 6.79. The van der Waals surface area contributed by atoms with Gasteiger partial charge in [-0.05, 0) is 25.9 Å². The fraction of sp³-hybridized carbons (Fsp3) is 1.00. The van der Waals surface area contributed by atoms with E-state index in [1.807, 2.05) is 0 Å². The molecule has 0 aromatic rings. The van der Waals surface area contributed by atoms with Crippen LogP contribution in [0.3, 0.4) is 0 Å². The highest BCUT2D eigenvalue weighted by Crippen LogP contribution is 2.12. The van der Waals surface area contributed by atoms with Crippen LogP contribution in [0.4, 0.5) is 0 Å². The van der Waals surface area contributed by atoms with Crippen LogP contribution in [-0.2, 0) is 24.1 Å². The first-order valence-electron chi connectivity index (χ1n) is 4.58. The number of sulfone groups is 1. The Labute approximate surface area is 90.0 Å². The standard InChI is InChI=1S/C7H15NO5S2/c1-14(9,10)6-15(11,12)13-7-2-4-8-5-3-7/h7-8H,2-6H2,1H3. The summed E-state index contributed by atoms with van der Waals surface area (Å²) in [5.74, 6) is 0. The highest BCUT2D eigenvalue weighted by molar-refractivity contribution is 8.05. The zero-order valence-electron chi connectivity index (χ0n) is 8.47. The Bertz CT molecular complexity index is 393. The van der Waals surface area contributed by atoms with Crippen LogP contribution in [0.15, 0.2) is 0 Å². The molecule has 1 heterocycles. The average Bonchev–Trinajstić information content (AvgIpc) is 1.99. The van der Waals surface area contributed by atoms with Gasteiger partial charge in [0.05, 0.1) is 6.10 Å². The second-order valence-electron chi connectivity index (χ2n) is 3.65. The Morgan fingerprint density at radius 2 is 1.73 bits per heavy atom. The molecule has 1 aliphatic rings. The number of hydrogen-bond acceptors (Lipinski definition) is 6. The van der Waals surface area contributed by atoms with Crippen LogP contribution in [0, 0.1) is 0 Å². The summed E-state index contributed by atoms with van der Waals surface area (Å²) in [5, 5.41) is 2.12. The fourth-order valence-electron chi connectivity index (χ4n) is 1.39. The van der Waals surface area contributed by atoms with Gasteiger partial charge in [0.15, 0.2) is 14.9 Å². The lowest BCUT2D eigenvalue weighted by Crippen LogP contribution is -2.34. The lowest BCUT2D eigenvalue weighted by atomic mass is 10.1. The summed E-state index contributed by atoms with van der Waals surface area (Å²) < 4.78 is 49.0. The predicted molar refractivity (Wildman–Crippen MR) is 55.6 cm³/mol. The summed E-state index contributed by atoms with van der Waals surface area (Å²) in [6, 6.07) is 0. The first-order valence-corrected chi connectivity index (χ1v) is 8.22. The molecule has 0 radical (unpaired) electrons. The van der Waals surface area contributed by atoms with Gasteiger partial charge in [0.25, 0.3) is 10.1 Å². The van der Waals surface area contributed by atoms with Crippen LogP contribution in [0.5, 0.6) is 0 Å². The summed E-state index contributed by atoms with van der Waals surface area (Å²) in [6.07, 6.45) is 1.65. The molecule has 6 nitrogen and oxygen atoms in total. The van der Waals surface area contributed by atoms with E-state index in [1.165, 1.54) is 0 Å². The number of hydrogen-bond donors (Lipinski definition) is 1. The lowest BCUT2D eigenvalue weighted by Gasteiger charge is -2.21. The number of nitrogens with one attached hydrogen (secondary N) is 1. The fourth-order valence-corrected chi connectivity index (χ4v) is 4.32. The molecule has 0 amide bonds. The van der Waals surface area contributed by atoms with Crippen LogP contribution in [0.1, 0.15) is 12.8 Å². The van der Waals surface area contributed by atoms with E-state index in [1.54, 1.807) is 0 Å². The molecule has 0 atom stereocenters. The van der Waals surface area contributed by atoms with Crippen LogP contribution >= 0.6 is 0 Å². The van der Waals surface area contributed by atoms with E-state index in [0.717, 1.165) is 6.26 Å². The molecular formula is C7H15NO5S2. The zero-order chi connectivity index (χ0) is 11.5. The maximum atomic E-state index is 11.3. The molecule has 1 rings (SSSR count). The van der Waals surface area contributed by atoms with Gasteiger partial charge >= 0.3 is 0 Å². The van der Waals surface area contributed by atoms with Crippen LogP contribution in [-0.4, -0.2) is 47.4 Å². The van der Waals surface area contributed by atoms with Gasteiger partial charge < -0.3 is 5.32 Å². The SMILES string of the molecule is CS(=O)(=O)CS(=O)(=O)OC1CCNCC1. The maximum Gasteiger partial charge on any atom is 0.282 e. The molecule has 90 valence electrons. The van der Waals surface area contributed by atoms with E-state index >= 15 is 0 Å². The Morgan fingerprint density at radius 3 is 2.20 bits per heavy atom. The Morgan fingerprint density at radius 1 is 1.20 bits per heavy atom. The van der Waals surface area contributed by atoms with Crippen molar-refractivity contribution in [3.63, 3.8) is 0 Å². The predicted octanol–water partition coefficient (Wildman–Crippen LogP) is -0.913. The van der Waals surface area contributed by atoms with Crippen molar-refractivity contribution in [3.05, 3.63) is 0 Å². The molecule has 0 aromatic carbocycles. The van der Waals surface area contributed by atoms with E-state index in [0.29, 0.717) is 25.9 Å². The molecule has 1 fully saturated rings. The molecule has 0 bridgehead atoms. The van der Waals surface area contributed by atoms with Crippen molar-refractivity contribution in [1.82, 2.24) is 5.32 Å². The molecule has 0 saturated carbocycles. The maximum absolute atomic E-state index is 11.3. The van der Waals surface area contributed by atoms with Gasteiger partial charge in [0, 0.05) is 6.26 Å². The molecule has 1 aliphatic heterocycles. The molecule has 0 aromatic heterocycles. The Hall–Kier alpha value is -0.180. The summed E-state index contributed by atoms with van der Waals surface area (Å²) in [6.45, 7) is 1.39. The number of piperidine rings is 1. The third-order valence-corrected chi connectivity index (χ3v) is 5.36. The van der Waals surface area contributed by atoms with Crippen molar-refractivity contribution in [2.45, 2.75) is 18.9 Å². The quantitative estimate of drug-likeness (QED) is 0.656. The molecule has 8 heteroatoms. The minimum atomic E-state index is -3.95. The van der Waals surface area contributed by atoms with E-state index in [2.05, 4.69) is 5.32 Å². The molecule has 0 unspecified atom stereocenters. The summed E-state index contributed by atoms with van der Waals surface area (Å²) in [5.41, 5.74) is 0. The Balaban J connectivity index is 2.56. The van der Waals surface area contributed by atoms with Crippen molar-refractivity contribution in [2.24, 2.45) is 0 Å². The third kappa shape index (κ3) is 5.45. The first kappa shape index (κ1) is 12.9.